The Morgan fingerprint density at radius 1 is 0.825 bits per heavy atom. The van der Waals surface area contributed by atoms with Crippen molar-refractivity contribution in [1.29, 1.82) is 0 Å². The maximum atomic E-state index is 13.2. The quantitative estimate of drug-likeness (QED) is 0.225. The second-order valence-electron chi connectivity index (χ2n) is 7.41. The number of carbonyl (C=O) groups is 2. The zero-order valence-electron chi connectivity index (χ0n) is 22.4. The molecule has 2 N–H and O–H groups in total. The van der Waals surface area contributed by atoms with Gasteiger partial charge in [0.1, 0.15) is 23.1 Å². The Labute approximate surface area is 239 Å². The Balaban J connectivity index is 0.000000308. The SMILES string of the molecule is CC.COC(=O)Cc1cc(F)ccc1-c1ccco1.COC(=O)Cc1cc(F)ccc1Br.OB(O)c1ccco1. The molecule has 214 valence electrons. The van der Waals surface area contributed by atoms with Crippen molar-refractivity contribution in [2.45, 2.75) is 26.7 Å². The highest BCUT2D eigenvalue weighted by atomic mass is 79.9. The molecule has 0 aliphatic carbocycles. The van der Waals surface area contributed by atoms with E-state index in [1.807, 2.05) is 13.8 Å². The number of halogens is 3. The van der Waals surface area contributed by atoms with E-state index in [1.54, 1.807) is 30.3 Å². The third kappa shape index (κ3) is 12.0. The van der Waals surface area contributed by atoms with Gasteiger partial charge in [0.05, 0.1) is 39.6 Å². The van der Waals surface area contributed by atoms with E-state index in [9.17, 15) is 18.4 Å². The molecule has 0 spiro atoms. The fraction of sp³-hybridized carbons (Fsp3) is 0.214. The van der Waals surface area contributed by atoms with Gasteiger partial charge in [-0.25, -0.2) is 8.78 Å². The Kier molecular flexibility index (Phi) is 15.9. The normalized spacial score (nSPS) is 9.53. The van der Waals surface area contributed by atoms with Crippen LogP contribution in [0.5, 0.6) is 0 Å². The predicted octanol–water partition coefficient (Wildman–Crippen LogP) is 5.09. The van der Waals surface area contributed by atoms with Crippen LogP contribution in [-0.2, 0) is 31.9 Å². The van der Waals surface area contributed by atoms with E-state index in [2.05, 4.69) is 29.8 Å². The monoisotopic (exact) mass is 622 g/mol. The van der Waals surface area contributed by atoms with Crippen molar-refractivity contribution in [3.8, 4) is 11.3 Å². The van der Waals surface area contributed by atoms with Crippen LogP contribution in [0.3, 0.4) is 0 Å². The summed E-state index contributed by atoms with van der Waals surface area (Å²) >= 11 is 3.21. The standard InChI is InChI=1S/C13H11FO3.C9H8BrFO2.C4H5BO3.C2H6/c1-16-13(15)8-9-7-10(14)4-5-11(9)12-3-2-6-17-12;1-13-9(12)5-6-4-7(11)2-3-8(6)10;6-5(7)4-2-1-3-8-4;1-2/h2-7H,8H2,1H3;2-4H,5H2,1H3;1-3,6-7H;1-2H3. The maximum Gasteiger partial charge on any atom is 0.526 e. The van der Waals surface area contributed by atoms with Gasteiger partial charge in [0.25, 0.3) is 0 Å². The van der Waals surface area contributed by atoms with Crippen molar-refractivity contribution < 1.29 is 46.7 Å². The van der Waals surface area contributed by atoms with Gasteiger partial charge < -0.3 is 28.4 Å². The van der Waals surface area contributed by atoms with Crippen molar-refractivity contribution in [1.82, 2.24) is 0 Å². The molecule has 0 aliphatic heterocycles. The average Bonchev–Trinajstić information content (AvgIpc) is 3.68. The molecule has 0 fully saturated rings. The van der Waals surface area contributed by atoms with Gasteiger partial charge in [-0.2, -0.15) is 0 Å². The molecule has 40 heavy (non-hydrogen) atoms. The fourth-order valence-corrected chi connectivity index (χ4v) is 3.34. The molecule has 8 nitrogen and oxygen atoms in total. The van der Waals surface area contributed by atoms with Crippen LogP contribution in [0.1, 0.15) is 25.0 Å². The lowest BCUT2D eigenvalue weighted by Crippen LogP contribution is -2.27. The third-order valence-corrected chi connectivity index (χ3v) is 5.56. The van der Waals surface area contributed by atoms with Gasteiger partial charge in [0, 0.05) is 10.0 Å². The summed E-state index contributed by atoms with van der Waals surface area (Å²) in [5.74, 6) is -0.945. The van der Waals surface area contributed by atoms with E-state index >= 15 is 0 Å². The number of carbonyl (C=O) groups excluding carboxylic acids is 2. The van der Waals surface area contributed by atoms with Crippen LogP contribution in [0.25, 0.3) is 11.3 Å². The minimum atomic E-state index is -1.48. The second kappa shape index (κ2) is 18.5. The van der Waals surface area contributed by atoms with Gasteiger partial charge in [0.15, 0.2) is 0 Å². The van der Waals surface area contributed by atoms with E-state index in [4.69, 9.17) is 14.5 Å². The third-order valence-electron chi connectivity index (χ3n) is 4.78. The molecule has 0 atom stereocenters. The zero-order chi connectivity index (χ0) is 30.1. The zero-order valence-corrected chi connectivity index (χ0v) is 24.0. The van der Waals surface area contributed by atoms with Gasteiger partial charge in [-0.05, 0) is 71.8 Å². The van der Waals surface area contributed by atoms with E-state index in [1.165, 1.54) is 57.1 Å². The van der Waals surface area contributed by atoms with Crippen molar-refractivity contribution in [2.24, 2.45) is 0 Å². The van der Waals surface area contributed by atoms with E-state index in [0.29, 0.717) is 26.9 Å². The highest BCUT2D eigenvalue weighted by Gasteiger charge is 2.13. The maximum absolute atomic E-state index is 13.2. The van der Waals surface area contributed by atoms with Crippen LogP contribution in [0.2, 0.25) is 0 Å². The van der Waals surface area contributed by atoms with Crippen LogP contribution in [-0.4, -0.2) is 43.3 Å². The molecule has 0 aliphatic rings. The Bertz CT molecular complexity index is 1300. The molecular weight excluding hydrogens is 593 g/mol. The lowest BCUT2D eigenvalue weighted by Gasteiger charge is -2.06. The van der Waals surface area contributed by atoms with Crippen molar-refractivity contribution >= 4 is 40.6 Å². The summed E-state index contributed by atoms with van der Waals surface area (Å²) in [5.41, 5.74) is 2.01. The minimum absolute atomic E-state index is 0.0181. The topological polar surface area (TPSA) is 119 Å². The number of benzene rings is 2. The molecular formula is C28H30BBrF2O8. The number of ether oxygens (including phenoxy) is 2. The van der Waals surface area contributed by atoms with Gasteiger partial charge in [-0.3, -0.25) is 9.59 Å². The van der Waals surface area contributed by atoms with Crippen molar-refractivity contribution in [2.75, 3.05) is 14.2 Å². The highest BCUT2D eigenvalue weighted by Crippen LogP contribution is 2.25. The lowest BCUT2D eigenvalue weighted by atomic mass is 9.88. The van der Waals surface area contributed by atoms with Crippen LogP contribution in [0.4, 0.5) is 8.78 Å². The van der Waals surface area contributed by atoms with Crippen LogP contribution >= 0.6 is 15.9 Å². The second-order valence-corrected chi connectivity index (χ2v) is 8.26. The molecule has 0 radical (unpaired) electrons. The van der Waals surface area contributed by atoms with Crippen LogP contribution in [0, 0.1) is 11.6 Å². The summed E-state index contributed by atoms with van der Waals surface area (Å²) in [6.45, 7) is 4.00. The first kappa shape index (κ1) is 34.3. The number of furan rings is 2. The summed E-state index contributed by atoms with van der Waals surface area (Å²) in [6.07, 6.45) is 3.01. The van der Waals surface area contributed by atoms with Crippen LogP contribution < -0.4 is 5.66 Å². The molecule has 12 heteroatoms. The summed E-state index contributed by atoms with van der Waals surface area (Å²) in [7, 11) is 1.12. The first-order chi connectivity index (χ1) is 19.1. The van der Waals surface area contributed by atoms with E-state index in [0.717, 1.165) is 0 Å². The largest absolute Gasteiger partial charge is 0.526 e. The smallest absolute Gasteiger partial charge is 0.473 e. The van der Waals surface area contributed by atoms with Crippen molar-refractivity contribution in [3.05, 3.63) is 100 Å². The Morgan fingerprint density at radius 3 is 1.82 bits per heavy atom. The van der Waals surface area contributed by atoms with E-state index in [-0.39, 0.29) is 36.1 Å². The number of hydrogen-bond acceptors (Lipinski definition) is 8. The first-order valence-electron chi connectivity index (χ1n) is 11.9. The Morgan fingerprint density at radius 2 is 1.35 bits per heavy atom. The minimum Gasteiger partial charge on any atom is -0.473 e. The average molecular weight is 623 g/mol. The lowest BCUT2D eigenvalue weighted by molar-refractivity contribution is -0.140. The number of methoxy groups -OCH3 is 2. The number of hydrogen-bond donors (Lipinski definition) is 2. The fourth-order valence-electron chi connectivity index (χ4n) is 2.95. The molecule has 0 amide bonds. The summed E-state index contributed by atoms with van der Waals surface area (Å²) in [4.78, 5) is 22.1. The molecule has 0 saturated carbocycles. The van der Waals surface area contributed by atoms with Gasteiger partial charge >= 0.3 is 19.1 Å². The number of rotatable bonds is 6. The highest BCUT2D eigenvalue weighted by molar-refractivity contribution is 9.10. The molecule has 4 aromatic rings. The summed E-state index contributed by atoms with van der Waals surface area (Å²) in [6, 6.07) is 15.0. The van der Waals surface area contributed by atoms with Crippen LogP contribution in [0.15, 0.2) is 86.5 Å². The molecule has 0 saturated heterocycles. The van der Waals surface area contributed by atoms with Gasteiger partial charge in [-0.15, -0.1) is 0 Å². The molecule has 2 aromatic carbocycles. The molecule has 0 unspecified atom stereocenters. The predicted molar refractivity (Wildman–Crippen MR) is 150 cm³/mol. The molecule has 0 bridgehead atoms. The molecule has 2 aromatic heterocycles. The molecule has 4 rings (SSSR count). The van der Waals surface area contributed by atoms with E-state index < -0.39 is 13.1 Å². The Hall–Kier alpha value is -3.74. The summed E-state index contributed by atoms with van der Waals surface area (Å²) in [5, 5.41) is 16.7. The van der Waals surface area contributed by atoms with Gasteiger partial charge in [-0.1, -0.05) is 29.8 Å². The van der Waals surface area contributed by atoms with Crippen molar-refractivity contribution in [3.63, 3.8) is 0 Å². The van der Waals surface area contributed by atoms with Gasteiger partial charge in [0.2, 0.25) is 0 Å². The molecule has 2 heterocycles. The summed E-state index contributed by atoms with van der Waals surface area (Å²) < 4.78 is 45.5. The first-order valence-corrected chi connectivity index (χ1v) is 12.7. The number of esters is 2.